The fraction of sp³-hybridized carbons (Fsp3) is 0.368. The summed E-state index contributed by atoms with van der Waals surface area (Å²) in [5, 5.41) is 10.3. The van der Waals surface area contributed by atoms with Gasteiger partial charge in [-0.25, -0.2) is 0 Å². The molecule has 2 aliphatic rings. The molecule has 0 spiro atoms. The molecule has 1 aromatic heterocycles. The summed E-state index contributed by atoms with van der Waals surface area (Å²) in [6.45, 7) is 3.79. The van der Waals surface area contributed by atoms with Crippen LogP contribution in [0.15, 0.2) is 54.3 Å². The number of benzene rings is 1. The van der Waals surface area contributed by atoms with Crippen molar-refractivity contribution in [3.05, 3.63) is 59.8 Å². The smallest absolute Gasteiger partial charge is 0.0890 e. The number of hydrogen-bond donors (Lipinski definition) is 3. The van der Waals surface area contributed by atoms with Gasteiger partial charge in [0.2, 0.25) is 0 Å². The molecule has 1 aromatic carbocycles. The highest BCUT2D eigenvalue weighted by molar-refractivity contribution is 5.74. The number of aromatic nitrogens is 2. The molecule has 6 nitrogen and oxygen atoms in total. The summed E-state index contributed by atoms with van der Waals surface area (Å²) in [5.74, 6) is 0. The Bertz CT molecular complexity index is 806. The summed E-state index contributed by atoms with van der Waals surface area (Å²) in [7, 11) is 2.19. The SMILES string of the molecule is CN(C1=CCNC=C1NCc1ccc2nccnc2c1)C1CCNC1. The van der Waals surface area contributed by atoms with Crippen LogP contribution in [0.3, 0.4) is 0 Å². The van der Waals surface area contributed by atoms with Crippen LogP contribution in [0.1, 0.15) is 12.0 Å². The molecule has 4 rings (SSSR count). The van der Waals surface area contributed by atoms with Crippen molar-refractivity contribution in [3.8, 4) is 0 Å². The van der Waals surface area contributed by atoms with Crippen molar-refractivity contribution in [3.63, 3.8) is 0 Å². The zero-order chi connectivity index (χ0) is 17.1. The normalized spacial score (nSPS) is 20.0. The van der Waals surface area contributed by atoms with E-state index in [4.69, 9.17) is 0 Å². The van der Waals surface area contributed by atoms with E-state index in [2.05, 4.69) is 62.3 Å². The number of dihydropyridines is 1. The van der Waals surface area contributed by atoms with Crippen molar-refractivity contribution in [2.24, 2.45) is 0 Å². The van der Waals surface area contributed by atoms with Crippen molar-refractivity contribution in [1.29, 1.82) is 0 Å². The van der Waals surface area contributed by atoms with Crippen LogP contribution in [0, 0.1) is 0 Å². The summed E-state index contributed by atoms with van der Waals surface area (Å²) < 4.78 is 0. The first-order valence-electron chi connectivity index (χ1n) is 8.82. The maximum atomic E-state index is 4.39. The summed E-state index contributed by atoms with van der Waals surface area (Å²) >= 11 is 0. The third-order valence-corrected chi connectivity index (χ3v) is 4.91. The van der Waals surface area contributed by atoms with E-state index in [0.29, 0.717) is 6.04 Å². The molecule has 3 N–H and O–H groups in total. The van der Waals surface area contributed by atoms with Gasteiger partial charge >= 0.3 is 0 Å². The van der Waals surface area contributed by atoms with E-state index in [1.165, 1.54) is 17.7 Å². The van der Waals surface area contributed by atoms with Crippen molar-refractivity contribution < 1.29 is 0 Å². The van der Waals surface area contributed by atoms with Gasteiger partial charge in [-0.1, -0.05) is 6.07 Å². The Morgan fingerprint density at radius 1 is 1.24 bits per heavy atom. The lowest BCUT2D eigenvalue weighted by molar-refractivity contribution is 0.321. The average molecular weight is 336 g/mol. The number of rotatable bonds is 5. The molecule has 0 amide bonds. The predicted molar refractivity (Wildman–Crippen MR) is 99.6 cm³/mol. The lowest BCUT2D eigenvalue weighted by Gasteiger charge is -2.32. The van der Waals surface area contributed by atoms with Crippen LogP contribution in [-0.2, 0) is 6.54 Å². The Balaban J connectivity index is 1.46. The number of nitrogens with one attached hydrogen (secondary N) is 3. The molecule has 1 saturated heterocycles. The molecule has 25 heavy (non-hydrogen) atoms. The van der Waals surface area contributed by atoms with E-state index in [0.717, 1.165) is 42.9 Å². The first-order valence-corrected chi connectivity index (χ1v) is 8.82. The molecule has 130 valence electrons. The average Bonchev–Trinajstić information content (AvgIpc) is 3.21. The molecule has 1 atom stereocenters. The second-order valence-corrected chi connectivity index (χ2v) is 6.55. The Morgan fingerprint density at radius 2 is 2.12 bits per heavy atom. The van der Waals surface area contributed by atoms with Gasteiger partial charge in [0.25, 0.3) is 0 Å². The van der Waals surface area contributed by atoms with E-state index in [1.54, 1.807) is 12.4 Å². The van der Waals surface area contributed by atoms with E-state index in [9.17, 15) is 0 Å². The summed E-state index contributed by atoms with van der Waals surface area (Å²) in [6.07, 6.45) is 8.99. The highest BCUT2D eigenvalue weighted by Gasteiger charge is 2.23. The minimum Gasteiger partial charge on any atom is -0.386 e. The second kappa shape index (κ2) is 7.11. The molecule has 1 unspecified atom stereocenters. The maximum Gasteiger partial charge on any atom is 0.0890 e. The molecule has 3 heterocycles. The Labute approximate surface area is 148 Å². The molecular formula is C19H24N6. The first kappa shape index (κ1) is 15.9. The van der Waals surface area contributed by atoms with E-state index < -0.39 is 0 Å². The van der Waals surface area contributed by atoms with Crippen LogP contribution in [0.2, 0.25) is 0 Å². The fourth-order valence-corrected chi connectivity index (χ4v) is 3.46. The largest absolute Gasteiger partial charge is 0.386 e. The highest BCUT2D eigenvalue weighted by atomic mass is 15.2. The van der Waals surface area contributed by atoms with Gasteiger partial charge in [0.05, 0.1) is 22.4 Å². The topological polar surface area (TPSA) is 65.1 Å². The quantitative estimate of drug-likeness (QED) is 0.766. The summed E-state index contributed by atoms with van der Waals surface area (Å²) in [5.41, 5.74) is 5.47. The van der Waals surface area contributed by atoms with E-state index in [1.807, 2.05) is 6.07 Å². The van der Waals surface area contributed by atoms with Gasteiger partial charge < -0.3 is 20.9 Å². The van der Waals surface area contributed by atoms with E-state index >= 15 is 0 Å². The van der Waals surface area contributed by atoms with Crippen LogP contribution >= 0.6 is 0 Å². The summed E-state index contributed by atoms with van der Waals surface area (Å²) in [4.78, 5) is 11.1. The van der Waals surface area contributed by atoms with Crippen LogP contribution in [0.5, 0.6) is 0 Å². The monoisotopic (exact) mass is 336 g/mol. The van der Waals surface area contributed by atoms with Gasteiger partial charge in [0.15, 0.2) is 0 Å². The van der Waals surface area contributed by atoms with Crippen LogP contribution in [0.25, 0.3) is 11.0 Å². The minimum atomic E-state index is 0.561. The van der Waals surface area contributed by atoms with Crippen molar-refractivity contribution >= 4 is 11.0 Å². The van der Waals surface area contributed by atoms with Gasteiger partial charge in [-0.05, 0) is 36.7 Å². The van der Waals surface area contributed by atoms with Crippen molar-refractivity contribution in [2.75, 3.05) is 26.7 Å². The van der Waals surface area contributed by atoms with Gasteiger partial charge in [0.1, 0.15) is 0 Å². The molecule has 0 radical (unpaired) electrons. The molecule has 0 saturated carbocycles. The fourth-order valence-electron chi connectivity index (χ4n) is 3.46. The number of nitrogens with zero attached hydrogens (tertiary/aromatic N) is 3. The van der Waals surface area contributed by atoms with Gasteiger partial charge in [-0.2, -0.15) is 0 Å². The van der Waals surface area contributed by atoms with Crippen LogP contribution in [0.4, 0.5) is 0 Å². The van der Waals surface area contributed by atoms with E-state index in [-0.39, 0.29) is 0 Å². The Kier molecular flexibility index (Phi) is 4.52. The lowest BCUT2D eigenvalue weighted by Crippen LogP contribution is -2.37. The first-order chi connectivity index (χ1) is 12.3. The Hall–Kier alpha value is -2.60. The number of likely N-dealkylation sites (N-methyl/N-ethyl adjacent to an activating group) is 1. The zero-order valence-corrected chi connectivity index (χ0v) is 14.5. The standard InChI is InChI=1S/C19H24N6/c1-25(15-4-6-20-12-15)19-5-7-21-13-18(19)24-11-14-2-3-16-17(10-14)23-9-8-22-16/h2-3,5,8-10,13,15,20-21,24H,4,6-7,11-12H2,1H3. The van der Waals surface area contributed by atoms with Gasteiger partial charge in [-0.3, -0.25) is 9.97 Å². The molecule has 6 heteroatoms. The van der Waals surface area contributed by atoms with Crippen LogP contribution in [-0.4, -0.2) is 47.6 Å². The number of fused-ring (bicyclic) bond motifs is 1. The molecule has 2 aromatic rings. The molecule has 1 fully saturated rings. The highest BCUT2D eigenvalue weighted by Crippen LogP contribution is 2.20. The molecule has 0 bridgehead atoms. The summed E-state index contributed by atoms with van der Waals surface area (Å²) in [6, 6.07) is 6.79. The second-order valence-electron chi connectivity index (χ2n) is 6.55. The van der Waals surface area contributed by atoms with Crippen molar-refractivity contribution in [2.45, 2.75) is 19.0 Å². The molecular weight excluding hydrogens is 312 g/mol. The third kappa shape index (κ3) is 3.44. The lowest BCUT2D eigenvalue weighted by atomic mass is 10.1. The predicted octanol–water partition coefficient (Wildman–Crippen LogP) is 1.34. The van der Waals surface area contributed by atoms with Gasteiger partial charge in [0, 0.05) is 51.3 Å². The Morgan fingerprint density at radius 3 is 2.96 bits per heavy atom. The molecule has 0 aliphatic carbocycles. The van der Waals surface area contributed by atoms with Crippen molar-refractivity contribution in [1.82, 2.24) is 30.8 Å². The third-order valence-electron chi connectivity index (χ3n) is 4.91. The maximum absolute atomic E-state index is 4.39. The number of hydrogen-bond acceptors (Lipinski definition) is 6. The van der Waals surface area contributed by atoms with Crippen LogP contribution < -0.4 is 16.0 Å². The molecule has 2 aliphatic heterocycles. The van der Waals surface area contributed by atoms with Gasteiger partial charge in [-0.15, -0.1) is 0 Å². The zero-order valence-electron chi connectivity index (χ0n) is 14.5. The minimum absolute atomic E-state index is 0.561.